The third kappa shape index (κ3) is 4.01. The first-order valence-electron chi connectivity index (χ1n) is 9.97. The lowest BCUT2D eigenvalue weighted by Gasteiger charge is -2.31. The summed E-state index contributed by atoms with van der Waals surface area (Å²) in [7, 11) is -3.17. The molecule has 2 aliphatic rings. The second-order valence-electron chi connectivity index (χ2n) is 8.36. The average Bonchev–Trinajstić information content (AvgIpc) is 3.00. The van der Waals surface area contributed by atoms with E-state index < -0.39 is 15.6 Å². The van der Waals surface area contributed by atoms with Crippen LogP contribution in [-0.4, -0.2) is 63.4 Å². The molecule has 29 heavy (non-hydrogen) atoms. The highest BCUT2D eigenvalue weighted by atomic mass is 32.2. The Bertz CT molecular complexity index is 1070. The number of rotatable bonds is 4. The number of nitrogens with one attached hydrogen (secondary N) is 1. The Balaban J connectivity index is 1.61. The number of fused-ring (bicyclic) bond motifs is 1. The Labute approximate surface area is 169 Å². The predicted octanol–water partition coefficient (Wildman–Crippen LogP) is 1.10. The van der Waals surface area contributed by atoms with Crippen LogP contribution in [0.1, 0.15) is 45.1 Å². The van der Waals surface area contributed by atoms with Gasteiger partial charge >= 0.3 is 0 Å². The summed E-state index contributed by atoms with van der Waals surface area (Å²) in [6, 6.07) is 2.93. The van der Waals surface area contributed by atoms with Crippen LogP contribution in [0.2, 0.25) is 0 Å². The molecule has 2 aromatic rings. The molecule has 4 rings (SSSR count). The van der Waals surface area contributed by atoms with E-state index in [4.69, 9.17) is 0 Å². The van der Waals surface area contributed by atoms with Crippen LogP contribution in [0.15, 0.2) is 23.1 Å². The van der Waals surface area contributed by atoms with Crippen molar-refractivity contribution in [2.45, 2.75) is 56.7 Å². The molecule has 0 bridgehead atoms. The molecule has 1 aliphatic carbocycles. The summed E-state index contributed by atoms with van der Waals surface area (Å²) in [6.07, 6.45) is 6.45. The van der Waals surface area contributed by atoms with E-state index in [1.807, 2.05) is 0 Å². The zero-order chi connectivity index (χ0) is 20.8. The van der Waals surface area contributed by atoms with Crippen molar-refractivity contribution in [1.82, 2.24) is 18.8 Å². The third-order valence-electron chi connectivity index (χ3n) is 6.11. The van der Waals surface area contributed by atoms with Crippen molar-refractivity contribution < 1.29 is 13.5 Å². The minimum absolute atomic E-state index is 0.0592. The Morgan fingerprint density at radius 3 is 2.59 bits per heavy atom. The molecule has 0 aromatic carbocycles. The van der Waals surface area contributed by atoms with Crippen molar-refractivity contribution in [3.8, 4) is 0 Å². The fraction of sp³-hybridized carbons (Fsp3) is 0.632. The van der Waals surface area contributed by atoms with E-state index in [-0.39, 0.29) is 17.6 Å². The molecule has 2 unspecified atom stereocenters. The fourth-order valence-corrected chi connectivity index (χ4v) is 5.34. The molecule has 3 heterocycles. The monoisotopic (exact) mass is 421 g/mol. The van der Waals surface area contributed by atoms with Gasteiger partial charge < -0.3 is 10.4 Å². The number of nitrogens with zero attached hydrogens (tertiary/aromatic N) is 4. The molecular formula is C19H27N5O4S. The molecule has 2 atom stereocenters. The van der Waals surface area contributed by atoms with E-state index in [2.05, 4.69) is 15.3 Å². The maximum absolute atomic E-state index is 12.6. The zero-order valence-corrected chi connectivity index (χ0v) is 17.5. The van der Waals surface area contributed by atoms with E-state index in [0.29, 0.717) is 43.9 Å². The highest BCUT2D eigenvalue weighted by molar-refractivity contribution is 7.88. The van der Waals surface area contributed by atoms with Crippen molar-refractivity contribution in [3.05, 3.63) is 28.7 Å². The topological polar surface area (TPSA) is 117 Å². The largest absolute Gasteiger partial charge is 0.388 e. The van der Waals surface area contributed by atoms with Crippen LogP contribution >= 0.6 is 0 Å². The lowest BCUT2D eigenvalue weighted by Crippen LogP contribution is -2.42. The number of hydrogen-bond donors (Lipinski definition) is 2. The molecule has 2 fully saturated rings. The summed E-state index contributed by atoms with van der Waals surface area (Å²) < 4.78 is 26.4. The molecule has 1 aliphatic heterocycles. The van der Waals surface area contributed by atoms with Crippen LogP contribution in [0.5, 0.6) is 0 Å². The summed E-state index contributed by atoms with van der Waals surface area (Å²) >= 11 is 0. The minimum atomic E-state index is -3.17. The minimum Gasteiger partial charge on any atom is -0.388 e. The molecule has 10 heteroatoms. The second-order valence-corrected chi connectivity index (χ2v) is 10.3. The van der Waals surface area contributed by atoms with E-state index in [0.717, 1.165) is 18.2 Å². The van der Waals surface area contributed by atoms with Crippen molar-refractivity contribution in [1.29, 1.82) is 0 Å². The van der Waals surface area contributed by atoms with Crippen molar-refractivity contribution in [2.24, 2.45) is 0 Å². The van der Waals surface area contributed by atoms with Gasteiger partial charge in [0.15, 0.2) is 0 Å². The first-order valence-corrected chi connectivity index (χ1v) is 11.8. The molecular weight excluding hydrogens is 394 g/mol. The van der Waals surface area contributed by atoms with Gasteiger partial charge in [0, 0.05) is 36.8 Å². The highest BCUT2D eigenvalue weighted by Crippen LogP contribution is 2.39. The Morgan fingerprint density at radius 2 is 1.97 bits per heavy atom. The quantitative estimate of drug-likeness (QED) is 0.759. The first-order chi connectivity index (χ1) is 13.6. The van der Waals surface area contributed by atoms with E-state index in [1.165, 1.54) is 16.6 Å². The van der Waals surface area contributed by atoms with Crippen molar-refractivity contribution in [3.63, 3.8) is 0 Å². The van der Waals surface area contributed by atoms with Crippen LogP contribution in [-0.2, 0) is 10.0 Å². The van der Waals surface area contributed by atoms with E-state index in [1.54, 1.807) is 23.8 Å². The number of anilines is 1. The number of pyridine rings is 1. The fourth-order valence-electron chi connectivity index (χ4n) is 4.46. The normalized spacial score (nSPS) is 26.8. The van der Waals surface area contributed by atoms with Crippen LogP contribution in [0, 0.1) is 0 Å². The van der Waals surface area contributed by atoms with Gasteiger partial charge in [-0.3, -0.25) is 9.36 Å². The number of sulfonamides is 1. The van der Waals surface area contributed by atoms with E-state index in [9.17, 15) is 18.3 Å². The SMILES string of the molecule is CC1(O)CCCC1n1c(=O)ccc2cnc(NC3CCN(S(C)(=O)=O)CC3)nc21. The smallest absolute Gasteiger partial charge is 0.252 e. The van der Waals surface area contributed by atoms with Gasteiger partial charge in [0.05, 0.1) is 17.9 Å². The lowest BCUT2D eigenvalue weighted by atomic mass is 10.00. The van der Waals surface area contributed by atoms with Crippen molar-refractivity contribution in [2.75, 3.05) is 24.7 Å². The first kappa shape index (κ1) is 20.2. The van der Waals surface area contributed by atoms with Gasteiger partial charge in [0.2, 0.25) is 16.0 Å². The molecule has 158 valence electrons. The maximum atomic E-state index is 12.6. The summed E-state index contributed by atoms with van der Waals surface area (Å²) in [4.78, 5) is 21.6. The molecule has 0 radical (unpaired) electrons. The number of aromatic nitrogens is 3. The Morgan fingerprint density at radius 1 is 1.24 bits per heavy atom. The van der Waals surface area contributed by atoms with Gasteiger partial charge in [0.1, 0.15) is 5.65 Å². The number of hydrogen-bond acceptors (Lipinski definition) is 7. The standard InChI is InChI=1S/C19H27N5O4S/c1-19(26)9-3-4-15(19)24-16(25)6-5-13-12-20-18(22-17(13)24)21-14-7-10-23(11-8-14)29(2,27)28/h5-6,12,14-15,26H,3-4,7-11H2,1-2H3,(H,20,21,22). The summed E-state index contributed by atoms with van der Waals surface area (Å²) in [5, 5.41) is 14.8. The molecule has 1 saturated carbocycles. The van der Waals surface area contributed by atoms with Gasteiger partial charge in [-0.25, -0.2) is 17.7 Å². The molecule has 9 nitrogen and oxygen atoms in total. The van der Waals surface area contributed by atoms with Crippen LogP contribution in [0.4, 0.5) is 5.95 Å². The lowest BCUT2D eigenvalue weighted by molar-refractivity contribution is 0.0267. The third-order valence-corrected chi connectivity index (χ3v) is 7.42. The second kappa shape index (κ2) is 7.33. The van der Waals surface area contributed by atoms with Crippen LogP contribution < -0.4 is 10.9 Å². The summed E-state index contributed by atoms with van der Waals surface area (Å²) in [6.45, 7) is 2.69. The molecule has 2 N–H and O–H groups in total. The van der Waals surface area contributed by atoms with Crippen LogP contribution in [0.3, 0.4) is 0 Å². The summed E-state index contributed by atoms with van der Waals surface area (Å²) in [5.74, 6) is 0.410. The van der Waals surface area contributed by atoms with Gasteiger partial charge in [-0.15, -0.1) is 0 Å². The number of aliphatic hydroxyl groups is 1. The maximum Gasteiger partial charge on any atom is 0.252 e. The zero-order valence-electron chi connectivity index (χ0n) is 16.7. The van der Waals surface area contributed by atoms with Crippen LogP contribution in [0.25, 0.3) is 11.0 Å². The average molecular weight is 422 g/mol. The number of piperidine rings is 1. The molecule has 2 aromatic heterocycles. The van der Waals surface area contributed by atoms with Crippen molar-refractivity contribution >= 4 is 27.0 Å². The molecule has 0 spiro atoms. The van der Waals surface area contributed by atoms with Gasteiger partial charge in [-0.05, 0) is 45.1 Å². The molecule has 0 amide bonds. The Hall–Kier alpha value is -2.04. The van der Waals surface area contributed by atoms with Gasteiger partial charge in [-0.1, -0.05) is 0 Å². The Kier molecular flexibility index (Phi) is 5.12. The molecule has 1 saturated heterocycles. The van der Waals surface area contributed by atoms with Gasteiger partial charge in [-0.2, -0.15) is 4.98 Å². The highest BCUT2D eigenvalue weighted by Gasteiger charge is 2.39. The predicted molar refractivity (Wildman–Crippen MR) is 110 cm³/mol. The van der Waals surface area contributed by atoms with E-state index >= 15 is 0 Å². The summed E-state index contributed by atoms with van der Waals surface area (Å²) in [5.41, 5.74) is -0.624. The van der Waals surface area contributed by atoms with Gasteiger partial charge in [0.25, 0.3) is 5.56 Å².